The second-order valence-electron chi connectivity index (χ2n) is 6.17. The van der Waals surface area contributed by atoms with Gasteiger partial charge in [0.15, 0.2) is 17.6 Å². The number of benzene rings is 2. The summed E-state index contributed by atoms with van der Waals surface area (Å²) in [6, 6.07) is 13.2. The van der Waals surface area contributed by atoms with Crippen LogP contribution in [0.5, 0.6) is 11.5 Å². The van der Waals surface area contributed by atoms with Gasteiger partial charge in [0.2, 0.25) is 0 Å². The lowest BCUT2D eigenvalue weighted by Gasteiger charge is -2.15. The molecular formula is C22H24N2O5. The molecule has 1 N–H and O–H groups in total. The van der Waals surface area contributed by atoms with Gasteiger partial charge in [0.05, 0.1) is 30.4 Å². The molecule has 0 aliphatic carbocycles. The van der Waals surface area contributed by atoms with E-state index in [9.17, 15) is 9.59 Å². The SMILES string of the molecule is CCCOc1ccc(C(=O)O[C@H](C)C(=O)Nc2ccc(C#N)cc2)cc1OCC. The van der Waals surface area contributed by atoms with E-state index in [1.807, 2.05) is 19.9 Å². The van der Waals surface area contributed by atoms with Crippen LogP contribution in [0.1, 0.15) is 43.1 Å². The number of carbonyl (C=O) groups excluding carboxylic acids is 2. The number of esters is 1. The number of nitriles is 1. The highest BCUT2D eigenvalue weighted by Crippen LogP contribution is 2.29. The Bertz CT molecular complexity index is 887. The molecule has 2 aromatic carbocycles. The number of amides is 1. The van der Waals surface area contributed by atoms with Crippen LogP contribution in [-0.2, 0) is 9.53 Å². The average molecular weight is 396 g/mol. The van der Waals surface area contributed by atoms with Crippen molar-refractivity contribution < 1.29 is 23.8 Å². The van der Waals surface area contributed by atoms with Gasteiger partial charge in [-0.15, -0.1) is 0 Å². The van der Waals surface area contributed by atoms with E-state index in [2.05, 4.69) is 5.32 Å². The first-order valence-electron chi connectivity index (χ1n) is 9.40. The highest BCUT2D eigenvalue weighted by atomic mass is 16.5. The van der Waals surface area contributed by atoms with Gasteiger partial charge in [-0.3, -0.25) is 4.79 Å². The molecule has 29 heavy (non-hydrogen) atoms. The molecule has 7 heteroatoms. The van der Waals surface area contributed by atoms with Crippen LogP contribution < -0.4 is 14.8 Å². The molecule has 2 rings (SSSR count). The van der Waals surface area contributed by atoms with Crippen molar-refractivity contribution in [3.63, 3.8) is 0 Å². The quantitative estimate of drug-likeness (QED) is 0.645. The van der Waals surface area contributed by atoms with E-state index in [-0.39, 0.29) is 5.56 Å². The fraction of sp³-hybridized carbons (Fsp3) is 0.318. The van der Waals surface area contributed by atoms with Gasteiger partial charge in [-0.1, -0.05) is 6.92 Å². The summed E-state index contributed by atoms with van der Waals surface area (Å²) in [7, 11) is 0. The predicted octanol–water partition coefficient (Wildman–Crippen LogP) is 3.93. The summed E-state index contributed by atoms with van der Waals surface area (Å²) < 4.78 is 16.4. The third kappa shape index (κ3) is 6.25. The van der Waals surface area contributed by atoms with Crippen LogP contribution in [0.3, 0.4) is 0 Å². The lowest BCUT2D eigenvalue weighted by Crippen LogP contribution is -2.30. The Morgan fingerprint density at radius 3 is 2.41 bits per heavy atom. The summed E-state index contributed by atoms with van der Waals surface area (Å²) in [5.41, 5.74) is 1.25. The fourth-order valence-corrected chi connectivity index (χ4v) is 2.39. The molecule has 0 aliphatic rings. The van der Waals surface area contributed by atoms with Gasteiger partial charge in [-0.2, -0.15) is 5.26 Å². The number of rotatable bonds is 9. The monoisotopic (exact) mass is 396 g/mol. The Labute approximate surface area is 170 Å². The zero-order valence-corrected chi connectivity index (χ0v) is 16.7. The summed E-state index contributed by atoms with van der Waals surface area (Å²) in [5.74, 6) is -0.117. The van der Waals surface area contributed by atoms with Crippen molar-refractivity contribution in [2.24, 2.45) is 0 Å². The summed E-state index contributed by atoms with van der Waals surface area (Å²) in [6.07, 6.45) is -0.161. The molecule has 0 radical (unpaired) electrons. The van der Waals surface area contributed by atoms with E-state index in [0.717, 1.165) is 6.42 Å². The van der Waals surface area contributed by atoms with Crippen LogP contribution in [0.15, 0.2) is 42.5 Å². The average Bonchev–Trinajstić information content (AvgIpc) is 2.73. The van der Waals surface area contributed by atoms with Crippen LogP contribution in [0.2, 0.25) is 0 Å². The fourth-order valence-electron chi connectivity index (χ4n) is 2.39. The van der Waals surface area contributed by atoms with Gasteiger partial charge in [0.25, 0.3) is 5.91 Å². The van der Waals surface area contributed by atoms with Crippen molar-refractivity contribution in [3.05, 3.63) is 53.6 Å². The Kier molecular flexibility index (Phi) is 8.04. The largest absolute Gasteiger partial charge is 0.490 e. The molecular weight excluding hydrogens is 372 g/mol. The number of nitrogens with zero attached hydrogens (tertiary/aromatic N) is 1. The van der Waals surface area contributed by atoms with E-state index in [1.165, 1.54) is 6.92 Å². The first-order valence-corrected chi connectivity index (χ1v) is 9.40. The van der Waals surface area contributed by atoms with Crippen molar-refractivity contribution in [2.45, 2.75) is 33.3 Å². The first kappa shape index (κ1) is 21.8. The molecule has 0 unspecified atom stereocenters. The van der Waals surface area contributed by atoms with E-state index < -0.39 is 18.0 Å². The first-order chi connectivity index (χ1) is 14.0. The third-order valence-corrected chi connectivity index (χ3v) is 3.88. The zero-order valence-electron chi connectivity index (χ0n) is 16.7. The van der Waals surface area contributed by atoms with Crippen molar-refractivity contribution in [3.8, 4) is 17.6 Å². The lowest BCUT2D eigenvalue weighted by atomic mass is 10.2. The number of nitrogens with one attached hydrogen (secondary N) is 1. The van der Waals surface area contributed by atoms with Gasteiger partial charge in [-0.05, 0) is 62.7 Å². The summed E-state index contributed by atoms with van der Waals surface area (Å²) in [4.78, 5) is 24.7. The minimum atomic E-state index is -1.01. The number of anilines is 1. The Balaban J connectivity index is 2.02. The van der Waals surface area contributed by atoms with E-state index in [0.29, 0.717) is 36.0 Å². The standard InChI is InChI=1S/C22H24N2O5/c1-4-12-28-19-11-8-17(13-20(19)27-5-2)22(26)29-15(3)21(25)24-18-9-6-16(14-23)7-10-18/h6-11,13,15H,4-5,12H2,1-3H3,(H,24,25)/t15-/m1/s1. The van der Waals surface area contributed by atoms with Gasteiger partial charge in [0, 0.05) is 5.69 Å². The van der Waals surface area contributed by atoms with Gasteiger partial charge < -0.3 is 19.5 Å². The van der Waals surface area contributed by atoms with Gasteiger partial charge in [-0.25, -0.2) is 4.79 Å². The van der Waals surface area contributed by atoms with Gasteiger partial charge in [0.1, 0.15) is 0 Å². The zero-order chi connectivity index (χ0) is 21.2. The molecule has 0 fully saturated rings. The lowest BCUT2D eigenvalue weighted by molar-refractivity contribution is -0.123. The van der Waals surface area contributed by atoms with Crippen molar-refractivity contribution in [2.75, 3.05) is 18.5 Å². The van der Waals surface area contributed by atoms with Crippen LogP contribution >= 0.6 is 0 Å². The maximum Gasteiger partial charge on any atom is 0.339 e. The topological polar surface area (TPSA) is 97.6 Å². The molecule has 1 amide bonds. The van der Waals surface area contributed by atoms with Crippen LogP contribution in [0.4, 0.5) is 5.69 Å². The highest BCUT2D eigenvalue weighted by Gasteiger charge is 2.20. The summed E-state index contributed by atoms with van der Waals surface area (Å²) in [6.45, 7) is 6.28. The van der Waals surface area contributed by atoms with Crippen molar-refractivity contribution in [1.29, 1.82) is 5.26 Å². The molecule has 0 saturated heterocycles. The number of carbonyl (C=O) groups is 2. The summed E-state index contributed by atoms with van der Waals surface area (Å²) in [5, 5.41) is 11.5. The van der Waals surface area contributed by atoms with E-state index in [1.54, 1.807) is 42.5 Å². The van der Waals surface area contributed by atoms with Crippen LogP contribution in [-0.4, -0.2) is 31.2 Å². The smallest absolute Gasteiger partial charge is 0.339 e. The molecule has 152 valence electrons. The highest BCUT2D eigenvalue weighted by molar-refractivity contribution is 5.97. The molecule has 0 bridgehead atoms. The molecule has 7 nitrogen and oxygen atoms in total. The predicted molar refractivity (Wildman–Crippen MR) is 108 cm³/mol. The maximum absolute atomic E-state index is 12.4. The van der Waals surface area contributed by atoms with E-state index >= 15 is 0 Å². The van der Waals surface area contributed by atoms with Crippen LogP contribution in [0.25, 0.3) is 0 Å². The number of hydrogen-bond donors (Lipinski definition) is 1. The maximum atomic E-state index is 12.4. The number of hydrogen-bond acceptors (Lipinski definition) is 6. The summed E-state index contributed by atoms with van der Waals surface area (Å²) >= 11 is 0. The Hall–Kier alpha value is -3.53. The Morgan fingerprint density at radius 2 is 1.79 bits per heavy atom. The minimum absolute atomic E-state index is 0.260. The van der Waals surface area contributed by atoms with Gasteiger partial charge >= 0.3 is 5.97 Å². The molecule has 2 aromatic rings. The van der Waals surface area contributed by atoms with E-state index in [4.69, 9.17) is 19.5 Å². The Morgan fingerprint density at radius 1 is 1.07 bits per heavy atom. The van der Waals surface area contributed by atoms with Crippen molar-refractivity contribution in [1.82, 2.24) is 0 Å². The van der Waals surface area contributed by atoms with Crippen LogP contribution in [0, 0.1) is 11.3 Å². The van der Waals surface area contributed by atoms with Crippen molar-refractivity contribution >= 4 is 17.6 Å². The number of ether oxygens (including phenoxy) is 3. The second-order valence-corrected chi connectivity index (χ2v) is 6.17. The normalized spacial score (nSPS) is 11.1. The molecule has 0 saturated carbocycles. The molecule has 0 aliphatic heterocycles. The second kappa shape index (κ2) is 10.7. The molecule has 1 atom stereocenters. The third-order valence-electron chi connectivity index (χ3n) is 3.88. The minimum Gasteiger partial charge on any atom is -0.490 e. The molecule has 0 heterocycles. The molecule has 0 aromatic heterocycles. The molecule has 0 spiro atoms.